The van der Waals surface area contributed by atoms with Crippen LogP contribution in [-0.4, -0.2) is 19.5 Å². The van der Waals surface area contributed by atoms with Crippen molar-refractivity contribution in [2.75, 3.05) is 7.11 Å². The Balaban J connectivity index is 1.85. The summed E-state index contributed by atoms with van der Waals surface area (Å²) in [4.78, 5) is 0. The van der Waals surface area contributed by atoms with Gasteiger partial charge in [-0.1, -0.05) is 24.3 Å². The summed E-state index contributed by atoms with van der Waals surface area (Å²) in [5.74, 6) is -22.3. The molecule has 0 radical (unpaired) electrons. The fourth-order valence-corrected chi connectivity index (χ4v) is 4.87. The van der Waals surface area contributed by atoms with E-state index >= 15 is 0 Å². The third kappa shape index (κ3) is 5.16. The maximum atomic E-state index is 14.9. The van der Waals surface area contributed by atoms with Crippen molar-refractivity contribution in [3.8, 4) is 28.4 Å². The van der Waals surface area contributed by atoms with Crippen LogP contribution in [0, 0.1) is 60.4 Å². The van der Waals surface area contributed by atoms with Crippen molar-refractivity contribution >= 4 is 0 Å². The molecule has 0 saturated carbocycles. The molecule has 0 atom stereocenters. The van der Waals surface area contributed by atoms with Crippen molar-refractivity contribution in [1.82, 2.24) is 0 Å². The van der Waals surface area contributed by atoms with E-state index in [0.717, 1.165) is 13.2 Å². The molecule has 0 unspecified atom stereocenters. The van der Waals surface area contributed by atoms with Gasteiger partial charge in [0.15, 0.2) is 34.9 Å². The van der Waals surface area contributed by atoms with Gasteiger partial charge in [-0.25, -0.2) is 26.3 Å². The Morgan fingerprint density at radius 3 is 1.33 bits per heavy atom. The van der Waals surface area contributed by atoms with Gasteiger partial charge in [0.05, 0.1) is 18.2 Å². The number of benzene rings is 4. The Labute approximate surface area is 249 Å². The smallest absolute Gasteiger partial charge is 0.411 e. The summed E-state index contributed by atoms with van der Waals surface area (Å²) in [5.41, 5.74) is -13.1. The Kier molecular flexibility index (Phi) is 8.74. The zero-order chi connectivity index (χ0) is 34.7. The summed E-state index contributed by atoms with van der Waals surface area (Å²) in [6.07, 6.45) is -12.1. The summed E-state index contributed by atoms with van der Waals surface area (Å²) in [6, 6.07) is 3.20. The molecule has 0 bridgehead atoms. The molecular weight excluding hydrogens is 658 g/mol. The minimum absolute atomic E-state index is 0.0246. The highest BCUT2D eigenvalue weighted by atomic mass is 19.4. The van der Waals surface area contributed by atoms with Gasteiger partial charge < -0.3 is 9.47 Å². The number of halogens is 14. The van der Waals surface area contributed by atoms with Gasteiger partial charge in [-0.05, 0) is 48.7 Å². The molecule has 0 aliphatic heterocycles. The molecule has 4 aromatic rings. The van der Waals surface area contributed by atoms with Crippen molar-refractivity contribution in [3.63, 3.8) is 0 Å². The maximum absolute atomic E-state index is 14.9. The van der Waals surface area contributed by atoms with Crippen LogP contribution in [0.1, 0.15) is 22.3 Å². The zero-order valence-electron chi connectivity index (χ0n) is 23.1. The molecule has 0 spiro atoms. The van der Waals surface area contributed by atoms with E-state index in [1.165, 1.54) is 6.92 Å². The van der Waals surface area contributed by atoms with Crippen LogP contribution in [0.15, 0.2) is 42.5 Å². The summed E-state index contributed by atoms with van der Waals surface area (Å²) in [7, 11) is 1.14. The number of alkyl halides is 6. The van der Waals surface area contributed by atoms with Gasteiger partial charge in [0.1, 0.15) is 11.5 Å². The van der Waals surface area contributed by atoms with Gasteiger partial charge in [-0.2, -0.15) is 35.1 Å². The summed E-state index contributed by atoms with van der Waals surface area (Å²) >= 11 is 0. The first-order valence-electron chi connectivity index (χ1n) is 12.5. The van der Waals surface area contributed by atoms with Crippen LogP contribution in [0.3, 0.4) is 0 Å². The van der Waals surface area contributed by atoms with Crippen LogP contribution in [-0.2, 0) is 5.41 Å². The van der Waals surface area contributed by atoms with Crippen LogP contribution in [0.4, 0.5) is 61.5 Å². The van der Waals surface area contributed by atoms with Crippen molar-refractivity contribution in [2.24, 2.45) is 0 Å². The molecule has 4 aromatic carbocycles. The van der Waals surface area contributed by atoms with Gasteiger partial charge in [0.2, 0.25) is 22.8 Å². The molecule has 0 fully saturated rings. The average molecular weight is 674 g/mol. The van der Waals surface area contributed by atoms with E-state index in [4.69, 9.17) is 4.74 Å². The molecule has 2 nitrogen and oxygen atoms in total. The Hall–Kier alpha value is -4.50. The first kappa shape index (κ1) is 34.4. The molecule has 46 heavy (non-hydrogen) atoms. The predicted molar refractivity (Wildman–Crippen MR) is 133 cm³/mol. The Morgan fingerprint density at radius 2 is 0.935 bits per heavy atom. The second kappa shape index (κ2) is 11.7. The monoisotopic (exact) mass is 674 g/mol. The van der Waals surface area contributed by atoms with Crippen LogP contribution in [0.5, 0.6) is 17.2 Å². The second-order valence-corrected chi connectivity index (χ2v) is 9.77. The van der Waals surface area contributed by atoms with Gasteiger partial charge in [-0.3, -0.25) is 0 Å². The molecule has 0 saturated heterocycles. The SMILES string of the molecule is COc1ccc(C(c2ccc(Oc3c(F)c(F)c(-c4c(F)c(F)c(C)c(F)c4F)c(F)c3F)cc2)(C(F)(F)F)C(F)(F)F)cc1C. The number of hydrogen-bond acceptors (Lipinski definition) is 2. The number of aryl methyl sites for hydroxylation is 1. The Morgan fingerprint density at radius 1 is 0.522 bits per heavy atom. The largest absolute Gasteiger partial charge is 0.496 e. The van der Waals surface area contributed by atoms with Crippen molar-refractivity contribution in [3.05, 3.63) is 111 Å². The molecule has 0 amide bonds. The lowest BCUT2D eigenvalue weighted by Crippen LogP contribution is -2.54. The highest BCUT2D eigenvalue weighted by molar-refractivity contribution is 5.69. The highest BCUT2D eigenvalue weighted by Gasteiger charge is 2.72. The van der Waals surface area contributed by atoms with Crippen LogP contribution in [0.2, 0.25) is 0 Å². The normalized spacial score (nSPS) is 12.5. The standard InChI is InChI=1S/C30H16F14O2/c1-11-10-14(6-9-16(11)45-3)28(29(39,40)41,30(42,43)44)13-4-7-15(8-5-13)46-27-25(37)23(35)18(24(36)26(27)38)17-21(33)19(31)12(2)20(32)22(17)34/h4-10H,1-3H3. The van der Waals surface area contributed by atoms with Gasteiger partial charge in [0, 0.05) is 5.56 Å². The summed E-state index contributed by atoms with van der Waals surface area (Å²) in [6.45, 7) is 1.75. The number of rotatable bonds is 6. The number of methoxy groups -OCH3 is 1. The van der Waals surface area contributed by atoms with E-state index in [0.29, 0.717) is 31.2 Å². The minimum atomic E-state index is -6.03. The van der Waals surface area contributed by atoms with Crippen LogP contribution >= 0.6 is 0 Å². The molecule has 0 aliphatic carbocycles. The minimum Gasteiger partial charge on any atom is -0.496 e. The first-order chi connectivity index (χ1) is 21.2. The van der Waals surface area contributed by atoms with Crippen molar-refractivity contribution in [2.45, 2.75) is 31.6 Å². The number of ether oxygens (including phenoxy) is 2. The highest BCUT2D eigenvalue weighted by Crippen LogP contribution is 2.57. The van der Waals surface area contributed by atoms with Gasteiger partial charge in [-0.15, -0.1) is 0 Å². The molecule has 0 aliphatic rings. The van der Waals surface area contributed by atoms with E-state index in [1.807, 2.05) is 0 Å². The van der Waals surface area contributed by atoms with Gasteiger partial charge >= 0.3 is 12.4 Å². The topological polar surface area (TPSA) is 18.5 Å². The first-order valence-corrected chi connectivity index (χ1v) is 12.5. The second-order valence-electron chi connectivity index (χ2n) is 9.77. The fraction of sp³-hybridized carbons (Fsp3) is 0.200. The van der Waals surface area contributed by atoms with Crippen LogP contribution in [0.25, 0.3) is 11.1 Å². The lowest BCUT2D eigenvalue weighted by Gasteiger charge is -2.38. The summed E-state index contributed by atoms with van der Waals surface area (Å²) in [5, 5.41) is 0. The fourth-order valence-electron chi connectivity index (χ4n) is 4.87. The summed E-state index contributed by atoms with van der Waals surface area (Å²) < 4.78 is 212. The molecular formula is C30H16F14O2. The van der Waals surface area contributed by atoms with E-state index in [1.54, 1.807) is 0 Å². The van der Waals surface area contributed by atoms with E-state index in [9.17, 15) is 61.5 Å². The third-order valence-corrected chi connectivity index (χ3v) is 7.14. The molecule has 0 aromatic heterocycles. The molecule has 0 N–H and O–H groups in total. The number of hydrogen-bond donors (Lipinski definition) is 0. The van der Waals surface area contributed by atoms with E-state index < -0.39 is 104 Å². The molecule has 246 valence electrons. The predicted octanol–water partition coefficient (Wildman–Crippen LogP) is 10.3. The zero-order valence-corrected chi connectivity index (χ0v) is 23.1. The average Bonchev–Trinajstić information content (AvgIpc) is 2.97. The van der Waals surface area contributed by atoms with E-state index in [-0.39, 0.29) is 23.4 Å². The molecule has 4 rings (SSSR count). The molecule has 0 heterocycles. The van der Waals surface area contributed by atoms with Crippen LogP contribution < -0.4 is 9.47 Å². The lowest BCUT2D eigenvalue weighted by atomic mass is 9.72. The molecule has 16 heteroatoms. The van der Waals surface area contributed by atoms with Gasteiger partial charge in [0.25, 0.3) is 0 Å². The Bertz CT molecular complexity index is 1750. The third-order valence-electron chi connectivity index (χ3n) is 7.14. The van der Waals surface area contributed by atoms with E-state index in [2.05, 4.69) is 4.74 Å². The quantitative estimate of drug-likeness (QED) is 0.150. The maximum Gasteiger partial charge on any atom is 0.411 e. The lowest BCUT2D eigenvalue weighted by molar-refractivity contribution is -0.288. The van der Waals surface area contributed by atoms with Crippen molar-refractivity contribution in [1.29, 1.82) is 0 Å². The van der Waals surface area contributed by atoms with Crippen molar-refractivity contribution < 1.29 is 70.9 Å².